The maximum absolute atomic E-state index is 14.7. The van der Waals surface area contributed by atoms with Gasteiger partial charge >= 0.3 is 18.1 Å². The van der Waals surface area contributed by atoms with Crippen LogP contribution in [0.2, 0.25) is 0 Å². The summed E-state index contributed by atoms with van der Waals surface area (Å²) in [5, 5.41) is 24.4. The summed E-state index contributed by atoms with van der Waals surface area (Å²) in [7, 11) is 8.68. The molecule has 4 heterocycles. The fraction of sp³-hybridized carbons (Fsp3) is 0.933. The number of aliphatic hydroxyl groups is 2. The summed E-state index contributed by atoms with van der Waals surface area (Å²) in [4.78, 5) is 43.1. The van der Waals surface area contributed by atoms with Gasteiger partial charge in [-0.25, -0.2) is 4.79 Å². The minimum atomic E-state index is -1.57. The number of carbonyl (C=O) groups excluding carboxylic acids is 3. The van der Waals surface area contributed by atoms with Crippen molar-refractivity contribution in [2.24, 2.45) is 17.8 Å². The van der Waals surface area contributed by atoms with Crippen LogP contribution >= 0.6 is 0 Å². The predicted molar refractivity (Wildman–Crippen MR) is 227 cm³/mol. The molecular weight excluding hydrogens is 808 g/mol. The van der Waals surface area contributed by atoms with Gasteiger partial charge in [-0.1, -0.05) is 20.8 Å². The van der Waals surface area contributed by atoms with Gasteiger partial charge in [0, 0.05) is 51.1 Å². The Morgan fingerprint density at radius 3 is 2.24 bits per heavy atom. The average Bonchev–Trinajstić information content (AvgIpc) is 3.51. The van der Waals surface area contributed by atoms with Gasteiger partial charge in [0.25, 0.3) is 0 Å². The van der Waals surface area contributed by atoms with Crippen LogP contribution in [0.4, 0.5) is 4.79 Å². The molecule has 4 aliphatic heterocycles. The third-order valence-electron chi connectivity index (χ3n) is 13.9. The Morgan fingerprint density at radius 2 is 1.63 bits per heavy atom. The van der Waals surface area contributed by atoms with Gasteiger partial charge in [-0.2, -0.15) is 0 Å². The third kappa shape index (κ3) is 12.2. The van der Waals surface area contributed by atoms with Crippen LogP contribution in [0.15, 0.2) is 0 Å². The number of unbranched alkanes of at least 4 members (excludes halogenated alkanes) is 1. The van der Waals surface area contributed by atoms with Crippen LogP contribution in [0.3, 0.4) is 0 Å². The van der Waals surface area contributed by atoms with E-state index in [2.05, 4.69) is 4.90 Å². The molecule has 0 spiro atoms. The van der Waals surface area contributed by atoms with Crippen molar-refractivity contribution in [3.8, 4) is 0 Å². The summed E-state index contributed by atoms with van der Waals surface area (Å²) < 4.78 is 61.8. The van der Waals surface area contributed by atoms with Gasteiger partial charge in [0.1, 0.15) is 18.3 Å². The second-order valence-electron chi connectivity index (χ2n) is 19.4. The lowest BCUT2D eigenvalue weighted by Gasteiger charge is -2.49. The first-order valence-corrected chi connectivity index (χ1v) is 22.6. The average molecular weight is 889 g/mol. The quantitative estimate of drug-likeness (QED) is 0.150. The zero-order valence-electron chi connectivity index (χ0n) is 40.1. The number of carbonyl (C=O) groups is 3. The maximum Gasteiger partial charge on any atom is 0.509 e. The van der Waals surface area contributed by atoms with Gasteiger partial charge < -0.3 is 62.5 Å². The molecule has 17 nitrogen and oxygen atoms in total. The van der Waals surface area contributed by atoms with Crippen molar-refractivity contribution in [2.45, 2.75) is 204 Å². The summed E-state index contributed by atoms with van der Waals surface area (Å²) in [6.45, 7) is 19.4. The van der Waals surface area contributed by atoms with E-state index < -0.39 is 96.1 Å². The number of rotatable bonds is 13. The van der Waals surface area contributed by atoms with Crippen LogP contribution < -0.4 is 0 Å². The molecule has 4 aliphatic rings. The molecule has 360 valence electrons. The molecule has 62 heavy (non-hydrogen) atoms. The zero-order chi connectivity index (χ0) is 46.5. The van der Waals surface area contributed by atoms with Crippen LogP contribution in [0.5, 0.6) is 0 Å². The van der Waals surface area contributed by atoms with Gasteiger partial charge in [0.05, 0.1) is 48.6 Å². The molecule has 18 atom stereocenters. The van der Waals surface area contributed by atoms with E-state index in [1.807, 2.05) is 74.5 Å². The first-order chi connectivity index (χ1) is 28.9. The molecule has 2 N–H and O–H groups in total. The number of hydrogen-bond acceptors (Lipinski definition) is 17. The number of likely N-dealkylation sites (N-methyl/N-ethyl adjacent to an activating group) is 2. The normalized spacial score (nSPS) is 44.1. The molecule has 0 amide bonds. The van der Waals surface area contributed by atoms with E-state index in [-0.39, 0.29) is 42.9 Å². The number of ether oxygens (including phenoxy) is 10. The third-order valence-corrected chi connectivity index (χ3v) is 13.9. The lowest BCUT2D eigenvalue weighted by atomic mass is 9.77. The summed E-state index contributed by atoms with van der Waals surface area (Å²) in [6.07, 6.45) is -6.06. The number of nitrogens with zero attached hydrogens (tertiary/aromatic N) is 2. The Morgan fingerprint density at radius 1 is 0.952 bits per heavy atom. The van der Waals surface area contributed by atoms with E-state index in [1.165, 1.54) is 7.11 Å². The smallest absolute Gasteiger partial charge is 0.469 e. The lowest BCUT2D eigenvalue weighted by Crippen LogP contribution is -2.61. The molecule has 4 saturated heterocycles. The monoisotopic (exact) mass is 889 g/mol. The second kappa shape index (κ2) is 21.9. The highest BCUT2D eigenvalue weighted by Crippen LogP contribution is 2.42. The van der Waals surface area contributed by atoms with Gasteiger partial charge in [-0.05, 0) is 108 Å². The molecule has 17 heteroatoms. The molecule has 4 fully saturated rings. The SMILES string of the molecule is CC[C@H]1OC(=O)[C@H](C)[C@@H](OC2C[C@@](C)(OC)[C@@H](OCCCCC(=O)OC)[C@H](C)O2)[C@H](C)[C@@H](O[C@@H]2O[C@H](C)C[C@H](N(C)C)[C@H]2O)[C@](C)(O)C[C@@H](C)CN(C)[C@H](C)[C@@H]2OC(=O)O[C@]12C. The standard InChI is InChI=1S/C45H80N2O15/c1-16-32-45(10)38(61-42(51)62-45)29(6)47(13)24-25(2)22-43(8,52)37(60-41-35(49)31(46(11)12)21-26(3)56-41)27(4)36(28(5)40(50)58-32)59-34-23-44(9,54-15)39(30(7)57-34)55-20-18-17-19-33(48)53-14/h25-32,34-39,41,49,52H,16-24H2,1-15H3/t25-,26-,27+,28-,29-,30+,31+,32-,34?,35-,36+,37-,38+,39+,41+,43-,44-,45-/m1/s1. The molecule has 0 bridgehead atoms. The minimum absolute atomic E-state index is 0.130. The van der Waals surface area contributed by atoms with Crippen molar-refractivity contribution in [1.82, 2.24) is 9.80 Å². The number of esters is 2. The van der Waals surface area contributed by atoms with Crippen molar-refractivity contribution in [1.29, 1.82) is 0 Å². The molecule has 4 rings (SSSR count). The molecule has 0 aromatic rings. The Balaban J connectivity index is 1.76. The Labute approximate surface area is 370 Å². The molecule has 0 aliphatic carbocycles. The van der Waals surface area contributed by atoms with E-state index in [0.717, 1.165) is 0 Å². The van der Waals surface area contributed by atoms with Crippen molar-refractivity contribution < 1.29 is 72.0 Å². The van der Waals surface area contributed by atoms with Crippen LogP contribution in [-0.4, -0.2) is 177 Å². The van der Waals surface area contributed by atoms with E-state index in [0.29, 0.717) is 45.3 Å². The van der Waals surface area contributed by atoms with Gasteiger partial charge in [0.15, 0.2) is 24.3 Å². The van der Waals surface area contributed by atoms with E-state index >= 15 is 0 Å². The second-order valence-corrected chi connectivity index (χ2v) is 19.4. The van der Waals surface area contributed by atoms with Crippen molar-refractivity contribution in [3.05, 3.63) is 0 Å². The van der Waals surface area contributed by atoms with Gasteiger partial charge in [-0.15, -0.1) is 0 Å². The van der Waals surface area contributed by atoms with Crippen LogP contribution in [0.1, 0.15) is 114 Å². The molecule has 0 aromatic carbocycles. The fourth-order valence-electron chi connectivity index (χ4n) is 10.3. The van der Waals surface area contributed by atoms with Crippen molar-refractivity contribution >= 4 is 18.1 Å². The van der Waals surface area contributed by atoms with Gasteiger partial charge in [0.2, 0.25) is 0 Å². The predicted octanol–water partition coefficient (Wildman–Crippen LogP) is 4.45. The maximum atomic E-state index is 14.7. The van der Waals surface area contributed by atoms with E-state index in [1.54, 1.807) is 27.9 Å². The highest BCUT2D eigenvalue weighted by molar-refractivity contribution is 5.73. The van der Waals surface area contributed by atoms with Crippen molar-refractivity contribution in [3.63, 3.8) is 0 Å². The number of fused-ring (bicyclic) bond motifs is 1. The topological polar surface area (TPSA) is 190 Å². The number of methoxy groups -OCH3 is 2. The molecule has 1 unspecified atom stereocenters. The summed E-state index contributed by atoms with van der Waals surface area (Å²) in [5.74, 6) is -2.77. The Kier molecular flexibility index (Phi) is 18.5. The number of hydrogen-bond donors (Lipinski definition) is 2. The Hall–Kier alpha value is -2.19. The first-order valence-electron chi connectivity index (χ1n) is 22.6. The minimum Gasteiger partial charge on any atom is -0.469 e. The zero-order valence-corrected chi connectivity index (χ0v) is 40.1. The molecule has 0 saturated carbocycles. The summed E-state index contributed by atoms with van der Waals surface area (Å²) in [5.41, 5.74) is -3.77. The summed E-state index contributed by atoms with van der Waals surface area (Å²) >= 11 is 0. The van der Waals surface area contributed by atoms with Crippen molar-refractivity contribution in [2.75, 3.05) is 48.5 Å². The Bertz CT molecular complexity index is 1470. The molecular formula is C45H80N2O15. The fourth-order valence-corrected chi connectivity index (χ4v) is 10.3. The van der Waals surface area contributed by atoms with Crippen LogP contribution in [0, 0.1) is 17.8 Å². The van der Waals surface area contributed by atoms with E-state index in [4.69, 9.17) is 47.4 Å². The highest BCUT2D eigenvalue weighted by Gasteiger charge is 2.58. The van der Waals surface area contributed by atoms with Crippen LogP contribution in [-0.2, 0) is 57.0 Å². The molecule has 0 aromatic heterocycles. The first kappa shape index (κ1) is 52.4. The lowest BCUT2D eigenvalue weighted by molar-refractivity contribution is -0.320. The van der Waals surface area contributed by atoms with Gasteiger partial charge in [-0.3, -0.25) is 14.5 Å². The highest BCUT2D eigenvalue weighted by atomic mass is 16.8. The van der Waals surface area contributed by atoms with Crippen LogP contribution in [0.25, 0.3) is 0 Å². The molecule has 0 radical (unpaired) electrons. The summed E-state index contributed by atoms with van der Waals surface area (Å²) in [6, 6.07) is -0.643. The van der Waals surface area contributed by atoms with E-state index in [9.17, 15) is 24.6 Å². The number of cyclic esters (lactones) is 1. The largest absolute Gasteiger partial charge is 0.509 e. The number of aliphatic hydroxyl groups excluding tert-OH is 1.